The van der Waals surface area contributed by atoms with Crippen molar-refractivity contribution < 1.29 is 0 Å². The lowest BCUT2D eigenvalue weighted by Gasteiger charge is -2.26. The molecule has 0 aliphatic carbocycles. The van der Waals surface area contributed by atoms with Crippen molar-refractivity contribution in [3.63, 3.8) is 0 Å². The molecular formula is C12H15Cl. The van der Waals surface area contributed by atoms with Gasteiger partial charge < -0.3 is 0 Å². The molecule has 0 unspecified atom stereocenters. The lowest BCUT2D eigenvalue weighted by Crippen LogP contribution is -2.20. The maximum atomic E-state index is 5.79. The molecule has 0 N–H and O–H groups in total. The van der Waals surface area contributed by atoms with E-state index in [0.717, 1.165) is 5.57 Å². The van der Waals surface area contributed by atoms with Gasteiger partial charge in [-0.2, -0.15) is 0 Å². The number of hydrogen-bond acceptors (Lipinski definition) is 0. The molecule has 0 aliphatic rings. The molecule has 0 fully saturated rings. The standard InChI is InChI=1S/C12H15Cl/c1-10(9-13)12(2,3)11-7-5-4-6-8-11/h4-8H,1,9H2,2-3H3. The predicted molar refractivity (Wildman–Crippen MR) is 59.3 cm³/mol. The van der Waals surface area contributed by atoms with Gasteiger partial charge in [0.1, 0.15) is 0 Å². The van der Waals surface area contributed by atoms with Crippen molar-refractivity contribution in [2.75, 3.05) is 5.88 Å². The number of rotatable bonds is 3. The number of halogens is 1. The highest BCUT2D eigenvalue weighted by atomic mass is 35.5. The smallest absolute Gasteiger partial charge is 0.0439 e. The van der Waals surface area contributed by atoms with E-state index < -0.39 is 0 Å². The van der Waals surface area contributed by atoms with E-state index in [-0.39, 0.29) is 5.41 Å². The fraction of sp³-hybridized carbons (Fsp3) is 0.333. The highest BCUT2D eigenvalue weighted by Gasteiger charge is 2.22. The van der Waals surface area contributed by atoms with E-state index >= 15 is 0 Å². The van der Waals surface area contributed by atoms with Crippen LogP contribution >= 0.6 is 11.6 Å². The Morgan fingerprint density at radius 2 is 1.85 bits per heavy atom. The Labute approximate surface area is 85.2 Å². The van der Waals surface area contributed by atoms with Gasteiger partial charge in [0.15, 0.2) is 0 Å². The maximum Gasteiger partial charge on any atom is 0.0439 e. The minimum Gasteiger partial charge on any atom is -0.122 e. The summed E-state index contributed by atoms with van der Waals surface area (Å²) in [6.07, 6.45) is 0. The zero-order valence-electron chi connectivity index (χ0n) is 8.18. The average molecular weight is 195 g/mol. The van der Waals surface area contributed by atoms with E-state index in [9.17, 15) is 0 Å². The summed E-state index contributed by atoms with van der Waals surface area (Å²) in [5, 5.41) is 0. The molecule has 1 rings (SSSR count). The summed E-state index contributed by atoms with van der Waals surface area (Å²) in [6.45, 7) is 8.28. The van der Waals surface area contributed by atoms with E-state index in [1.165, 1.54) is 5.56 Å². The van der Waals surface area contributed by atoms with Crippen LogP contribution in [0.2, 0.25) is 0 Å². The topological polar surface area (TPSA) is 0 Å². The first kappa shape index (κ1) is 10.3. The maximum absolute atomic E-state index is 5.79. The summed E-state index contributed by atoms with van der Waals surface area (Å²) in [5.41, 5.74) is 2.30. The van der Waals surface area contributed by atoms with Gasteiger partial charge in [0, 0.05) is 11.3 Å². The molecule has 0 radical (unpaired) electrons. The molecule has 13 heavy (non-hydrogen) atoms. The Bertz CT molecular complexity index is 285. The monoisotopic (exact) mass is 194 g/mol. The van der Waals surface area contributed by atoms with Crippen LogP contribution in [0.3, 0.4) is 0 Å². The van der Waals surface area contributed by atoms with Crippen molar-refractivity contribution >= 4 is 11.6 Å². The summed E-state index contributed by atoms with van der Waals surface area (Å²) in [6, 6.07) is 10.3. The molecular weight excluding hydrogens is 180 g/mol. The molecule has 0 saturated heterocycles. The first-order valence-electron chi connectivity index (χ1n) is 4.39. The predicted octanol–water partition coefficient (Wildman–Crippen LogP) is 3.76. The van der Waals surface area contributed by atoms with Gasteiger partial charge in [-0.15, -0.1) is 11.6 Å². The van der Waals surface area contributed by atoms with Crippen LogP contribution < -0.4 is 0 Å². The first-order valence-corrected chi connectivity index (χ1v) is 4.92. The van der Waals surface area contributed by atoms with E-state index in [1.807, 2.05) is 18.2 Å². The number of benzene rings is 1. The summed E-state index contributed by atoms with van der Waals surface area (Å²) in [5.74, 6) is 0.516. The normalized spacial score (nSPS) is 11.3. The van der Waals surface area contributed by atoms with Gasteiger partial charge in [-0.3, -0.25) is 0 Å². The van der Waals surface area contributed by atoms with E-state index in [1.54, 1.807) is 0 Å². The summed E-state index contributed by atoms with van der Waals surface area (Å²) >= 11 is 5.79. The zero-order valence-corrected chi connectivity index (χ0v) is 8.93. The highest BCUT2D eigenvalue weighted by Crippen LogP contribution is 2.30. The van der Waals surface area contributed by atoms with Gasteiger partial charge in [-0.05, 0) is 5.56 Å². The molecule has 1 aromatic carbocycles. The fourth-order valence-corrected chi connectivity index (χ4v) is 1.56. The summed E-state index contributed by atoms with van der Waals surface area (Å²) < 4.78 is 0. The number of allylic oxidation sites excluding steroid dienone is 1. The van der Waals surface area contributed by atoms with E-state index in [2.05, 4.69) is 32.6 Å². The molecule has 0 aromatic heterocycles. The third-order valence-corrected chi connectivity index (χ3v) is 2.86. The minimum atomic E-state index is -0.0248. The minimum absolute atomic E-state index is 0.0248. The van der Waals surface area contributed by atoms with Crippen molar-refractivity contribution in [3.8, 4) is 0 Å². The van der Waals surface area contributed by atoms with Crippen LogP contribution in [0.1, 0.15) is 19.4 Å². The average Bonchev–Trinajstić information content (AvgIpc) is 2.18. The summed E-state index contributed by atoms with van der Waals surface area (Å²) in [4.78, 5) is 0. The second kappa shape index (κ2) is 3.97. The Kier molecular flexibility index (Phi) is 3.16. The van der Waals surface area contributed by atoms with E-state index in [0.29, 0.717) is 5.88 Å². The van der Waals surface area contributed by atoms with E-state index in [4.69, 9.17) is 11.6 Å². The lowest BCUT2D eigenvalue weighted by atomic mass is 9.79. The van der Waals surface area contributed by atoms with Crippen LogP contribution in [-0.2, 0) is 5.41 Å². The lowest BCUT2D eigenvalue weighted by molar-refractivity contribution is 0.628. The first-order chi connectivity index (χ1) is 6.09. The van der Waals surface area contributed by atoms with Crippen LogP contribution in [0.25, 0.3) is 0 Å². The van der Waals surface area contributed by atoms with Crippen molar-refractivity contribution in [2.45, 2.75) is 19.3 Å². The molecule has 0 amide bonds. The van der Waals surface area contributed by atoms with Gasteiger partial charge in [0.05, 0.1) is 0 Å². The molecule has 0 aliphatic heterocycles. The van der Waals surface area contributed by atoms with Gasteiger partial charge in [-0.1, -0.05) is 56.3 Å². The van der Waals surface area contributed by atoms with Gasteiger partial charge in [-0.25, -0.2) is 0 Å². The third kappa shape index (κ3) is 2.13. The van der Waals surface area contributed by atoms with Crippen molar-refractivity contribution in [1.29, 1.82) is 0 Å². The fourth-order valence-electron chi connectivity index (χ4n) is 1.23. The van der Waals surface area contributed by atoms with Crippen molar-refractivity contribution in [2.24, 2.45) is 0 Å². The molecule has 0 saturated carbocycles. The molecule has 0 spiro atoms. The van der Waals surface area contributed by atoms with Gasteiger partial charge >= 0.3 is 0 Å². The van der Waals surface area contributed by atoms with Crippen molar-refractivity contribution in [3.05, 3.63) is 48.0 Å². The molecule has 0 bridgehead atoms. The van der Waals surface area contributed by atoms with Gasteiger partial charge in [0.25, 0.3) is 0 Å². The number of hydrogen-bond donors (Lipinski definition) is 0. The second-order valence-corrected chi connectivity index (χ2v) is 4.00. The quantitative estimate of drug-likeness (QED) is 0.508. The SMILES string of the molecule is C=C(CCl)C(C)(C)c1ccccc1. The Morgan fingerprint density at radius 3 is 2.31 bits per heavy atom. The highest BCUT2D eigenvalue weighted by molar-refractivity contribution is 6.19. The van der Waals surface area contributed by atoms with Crippen LogP contribution in [0, 0.1) is 0 Å². The molecule has 0 nitrogen and oxygen atoms in total. The largest absolute Gasteiger partial charge is 0.122 e. The zero-order chi connectivity index (χ0) is 9.90. The Hall–Kier alpha value is -0.750. The van der Waals surface area contributed by atoms with Crippen LogP contribution in [0.15, 0.2) is 42.5 Å². The molecule has 1 heteroatoms. The van der Waals surface area contributed by atoms with Crippen molar-refractivity contribution in [1.82, 2.24) is 0 Å². The van der Waals surface area contributed by atoms with Crippen LogP contribution in [0.4, 0.5) is 0 Å². The third-order valence-electron chi connectivity index (χ3n) is 2.54. The van der Waals surface area contributed by atoms with Gasteiger partial charge in [0.2, 0.25) is 0 Å². The Balaban J connectivity index is 3.00. The van der Waals surface area contributed by atoms with Crippen LogP contribution in [-0.4, -0.2) is 5.88 Å². The molecule has 0 heterocycles. The molecule has 70 valence electrons. The number of alkyl halides is 1. The summed E-state index contributed by atoms with van der Waals surface area (Å²) in [7, 11) is 0. The molecule has 0 atom stereocenters. The van der Waals surface area contributed by atoms with Crippen LogP contribution in [0.5, 0.6) is 0 Å². The Morgan fingerprint density at radius 1 is 1.31 bits per heavy atom. The molecule has 1 aromatic rings. The second-order valence-electron chi connectivity index (χ2n) is 3.73.